The van der Waals surface area contributed by atoms with Crippen molar-refractivity contribution in [3.63, 3.8) is 0 Å². The van der Waals surface area contributed by atoms with Crippen molar-refractivity contribution in [2.75, 3.05) is 13.1 Å². The molecule has 0 aliphatic carbocycles. The van der Waals surface area contributed by atoms with Gasteiger partial charge in [-0.25, -0.2) is 4.98 Å². The zero-order chi connectivity index (χ0) is 22.8. The lowest BCUT2D eigenvalue weighted by atomic mass is 10.0. The van der Waals surface area contributed by atoms with E-state index in [9.17, 15) is 9.59 Å². The van der Waals surface area contributed by atoms with E-state index in [1.165, 1.54) is 0 Å². The van der Waals surface area contributed by atoms with Gasteiger partial charge in [-0.05, 0) is 61.2 Å². The highest BCUT2D eigenvalue weighted by atomic mass is 35.5. The zero-order valence-electron chi connectivity index (χ0n) is 18.0. The molecule has 1 aliphatic rings. The molecule has 3 aromatic rings. The predicted octanol–water partition coefficient (Wildman–Crippen LogP) is 3.94. The van der Waals surface area contributed by atoms with Crippen molar-refractivity contribution in [3.8, 4) is 0 Å². The minimum absolute atomic E-state index is 0.0388. The second kappa shape index (κ2) is 9.04. The van der Waals surface area contributed by atoms with Crippen molar-refractivity contribution in [3.05, 3.63) is 70.5 Å². The van der Waals surface area contributed by atoms with Crippen molar-refractivity contribution in [1.29, 1.82) is 0 Å². The molecule has 4 rings (SSSR count). The second-order valence-electron chi connectivity index (χ2n) is 8.16. The molecule has 2 amide bonds. The molecule has 1 atom stereocenters. The summed E-state index contributed by atoms with van der Waals surface area (Å²) in [6.07, 6.45) is 2.15. The van der Waals surface area contributed by atoms with Gasteiger partial charge in [-0.15, -0.1) is 0 Å². The van der Waals surface area contributed by atoms with Gasteiger partial charge in [0.25, 0.3) is 5.91 Å². The maximum atomic E-state index is 12.8. The summed E-state index contributed by atoms with van der Waals surface area (Å²) in [6.45, 7) is 7.68. The molecule has 0 unspecified atom stereocenters. The summed E-state index contributed by atoms with van der Waals surface area (Å²) < 4.78 is 0. The molecule has 0 bridgehead atoms. The van der Waals surface area contributed by atoms with Gasteiger partial charge in [0.05, 0.1) is 23.5 Å². The number of aromatic nitrogens is 2. The SMILES string of the molecule is C=C(N[C@@H](CC(N)=O)c1nc2ccc(Cl)cc2[nH]1)c1ccc(C(=O)N2CCCC2)c(C)c1. The van der Waals surface area contributed by atoms with Crippen molar-refractivity contribution < 1.29 is 9.59 Å². The Labute approximate surface area is 191 Å². The number of imidazole rings is 1. The van der Waals surface area contributed by atoms with E-state index in [1.54, 1.807) is 12.1 Å². The third-order valence-corrected chi connectivity index (χ3v) is 5.98. The van der Waals surface area contributed by atoms with Gasteiger partial charge >= 0.3 is 0 Å². The lowest BCUT2D eigenvalue weighted by Gasteiger charge is -2.20. The number of likely N-dealkylation sites (tertiary alicyclic amines) is 1. The van der Waals surface area contributed by atoms with Crippen LogP contribution in [0.2, 0.25) is 5.02 Å². The largest absolute Gasteiger partial charge is 0.375 e. The maximum absolute atomic E-state index is 12.8. The number of rotatable bonds is 7. The highest BCUT2D eigenvalue weighted by Gasteiger charge is 2.22. The normalized spacial score (nSPS) is 14.5. The Kier molecular flexibility index (Phi) is 6.19. The molecule has 1 saturated heterocycles. The molecule has 4 N–H and O–H groups in total. The highest BCUT2D eigenvalue weighted by molar-refractivity contribution is 6.31. The van der Waals surface area contributed by atoms with Crippen LogP contribution in [0.4, 0.5) is 0 Å². The molecule has 0 saturated carbocycles. The van der Waals surface area contributed by atoms with Gasteiger partial charge in [-0.3, -0.25) is 9.59 Å². The lowest BCUT2D eigenvalue weighted by molar-refractivity contribution is -0.118. The van der Waals surface area contributed by atoms with E-state index < -0.39 is 11.9 Å². The number of carbonyl (C=O) groups excluding carboxylic acids is 2. The first-order valence-corrected chi connectivity index (χ1v) is 11.0. The van der Waals surface area contributed by atoms with Gasteiger partial charge in [0.1, 0.15) is 5.82 Å². The minimum Gasteiger partial charge on any atom is -0.375 e. The Bertz CT molecular complexity index is 1200. The number of fused-ring (bicyclic) bond motifs is 1. The van der Waals surface area contributed by atoms with E-state index >= 15 is 0 Å². The van der Waals surface area contributed by atoms with E-state index in [4.69, 9.17) is 17.3 Å². The Morgan fingerprint density at radius 2 is 2.00 bits per heavy atom. The van der Waals surface area contributed by atoms with E-state index in [-0.39, 0.29) is 12.3 Å². The fourth-order valence-electron chi connectivity index (χ4n) is 4.06. The average Bonchev–Trinajstić information content (AvgIpc) is 3.42. The molecule has 1 aromatic heterocycles. The molecular formula is C24H26ClN5O2. The van der Waals surface area contributed by atoms with Crippen LogP contribution < -0.4 is 11.1 Å². The summed E-state index contributed by atoms with van der Waals surface area (Å²) in [6, 6.07) is 10.5. The second-order valence-corrected chi connectivity index (χ2v) is 8.59. The van der Waals surface area contributed by atoms with Crippen LogP contribution in [0.3, 0.4) is 0 Å². The number of aryl methyl sites for hydroxylation is 1. The molecule has 0 spiro atoms. The number of nitrogens with zero attached hydrogens (tertiary/aromatic N) is 2. The number of primary amides is 1. The molecule has 1 fully saturated rings. The van der Waals surface area contributed by atoms with E-state index in [1.807, 2.05) is 36.1 Å². The number of benzene rings is 2. The van der Waals surface area contributed by atoms with Crippen LogP contribution in [0.1, 0.15) is 52.6 Å². The van der Waals surface area contributed by atoms with Crippen LogP contribution in [0.25, 0.3) is 16.7 Å². The van der Waals surface area contributed by atoms with Crippen LogP contribution in [0.15, 0.2) is 43.0 Å². The minimum atomic E-state index is -0.489. The van der Waals surface area contributed by atoms with E-state index in [0.29, 0.717) is 22.1 Å². The van der Waals surface area contributed by atoms with Crippen LogP contribution in [-0.4, -0.2) is 39.8 Å². The molecule has 7 nitrogen and oxygen atoms in total. The Morgan fingerprint density at radius 3 is 2.69 bits per heavy atom. The Morgan fingerprint density at radius 1 is 1.25 bits per heavy atom. The standard InChI is InChI=1S/C24H26ClN5O2/c1-14-11-16(5-7-18(14)24(32)30-9-3-4-10-30)15(2)27-21(13-22(26)31)23-28-19-8-6-17(25)12-20(19)29-23/h5-8,11-12,21,27H,2-4,9-10,13H2,1H3,(H2,26,31)(H,28,29)/t21-/m0/s1. The van der Waals surface area contributed by atoms with Gasteiger partial charge < -0.3 is 20.9 Å². The monoisotopic (exact) mass is 451 g/mol. The molecule has 166 valence electrons. The Hall–Kier alpha value is -3.32. The molecule has 2 heterocycles. The lowest BCUT2D eigenvalue weighted by Crippen LogP contribution is -2.28. The van der Waals surface area contributed by atoms with Gasteiger partial charge in [-0.2, -0.15) is 0 Å². The molecule has 1 aliphatic heterocycles. The van der Waals surface area contributed by atoms with Gasteiger partial charge in [0.2, 0.25) is 5.91 Å². The third kappa shape index (κ3) is 4.62. The average molecular weight is 452 g/mol. The fraction of sp³-hybridized carbons (Fsp3) is 0.292. The first-order valence-electron chi connectivity index (χ1n) is 10.6. The zero-order valence-corrected chi connectivity index (χ0v) is 18.7. The van der Waals surface area contributed by atoms with Crippen molar-refractivity contribution >= 4 is 40.1 Å². The van der Waals surface area contributed by atoms with Gasteiger partial charge in [0.15, 0.2) is 0 Å². The van der Waals surface area contributed by atoms with Crippen molar-refractivity contribution in [2.45, 2.75) is 32.2 Å². The van der Waals surface area contributed by atoms with E-state index in [0.717, 1.165) is 48.1 Å². The predicted molar refractivity (Wildman–Crippen MR) is 126 cm³/mol. The van der Waals surface area contributed by atoms with Crippen molar-refractivity contribution in [1.82, 2.24) is 20.2 Å². The maximum Gasteiger partial charge on any atom is 0.254 e. The number of nitrogens with one attached hydrogen (secondary N) is 2. The number of H-pyrrole nitrogens is 1. The number of nitrogens with two attached hydrogens (primary N) is 1. The number of amides is 2. The molecule has 32 heavy (non-hydrogen) atoms. The number of hydrogen-bond donors (Lipinski definition) is 3. The molecule has 0 radical (unpaired) electrons. The summed E-state index contributed by atoms with van der Waals surface area (Å²) in [5.74, 6) is 0.175. The summed E-state index contributed by atoms with van der Waals surface area (Å²) in [7, 11) is 0. The summed E-state index contributed by atoms with van der Waals surface area (Å²) in [5, 5.41) is 3.86. The molecule has 2 aromatic carbocycles. The highest BCUT2D eigenvalue weighted by Crippen LogP contribution is 2.25. The van der Waals surface area contributed by atoms with Crippen LogP contribution in [-0.2, 0) is 4.79 Å². The van der Waals surface area contributed by atoms with Crippen molar-refractivity contribution in [2.24, 2.45) is 5.73 Å². The van der Waals surface area contributed by atoms with Crippen LogP contribution >= 0.6 is 11.6 Å². The van der Waals surface area contributed by atoms with Gasteiger partial charge in [0, 0.05) is 29.4 Å². The number of aromatic amines is 1. The first kappa shape index (κ1) is 21.9. The summed E-state index contributed by atoms with van der Waals surface area (Å²) >= 11 is 6.07. The van der Waals surface area contributed by atoms with Crippen LogP contribution in [0, 0.1) is 6.92 Å². The topological polar surface area (TPSA) is 104 Å². The van der Waals surface area contributed by atoms with E-state index in [2.05, 4.69) is 21.9 Å². The number of carbonyl (C=O) groups is 2. The smallest absolute Gasteiger partial charge is 0.254 e. The third-order valence-electron chi connectivity index (χ3n) is 5.74. The molecular weight excluding hydrogens is 426 g/mol. The summed E-state index contributed by atoms with van der Waals surface area (Å²) in [4.78, 5) is 34.2. The van der Waals surface area contributed by atoms with Crippen LogP contribution in [0.5, 0.6) is 0 Å². The van der Waals surface area contributed by atoms with Gasteiger partial charge in [-0.1, -0.05) is 24.2 Å². The number of hydrogen-bond acceptors (Lipinski definition) is 4. The number of halogens is 1. The first-order chi connectivity index (χ1) is 15.3. The molecule has 8 heteroatoms. The Balaban J connectivity index is 1.55. The fourth-order valence-corrected chi connectivity index (χ4v) is 4.23. The summed E-state index contributed by atoms with van der Waals surface area (Å²) in [5.41, 5.74) is 10.0. The quantitative estimate of drug-likeness (QED) is 0.506.